The number of unbranched alkanes of at least 4 members (excludes halogenated alkanes) is 1. The summed E-state index contributed by atoms with van der Waals surface area (Å²) in [7, 11) is 0. The van der Waals surface area contributed by atoms with Crippen molar-refractivity contribution in [2.24, 2.45) is 0 Å². The molecule has 0 radical (unpaired) electrons. The average Bonchev–Trinajstić information content (AvgIpc) is 2.52. The van der Waals surface area contributed by atoms with E-state index in [4.69, 9.17) is 9.68 Å². The molecule has 0 bridgehead atoms. The van der Waals surface area contributed by atoms with Crippen molar-refractivity contribution in [3.05, 3.63) is 17.3 Å². The predicted octanol–water partition coefficient (Wildman–Crippen LogP) is 1.33. The van der Waals surface area contributed by atoms with Crippen molar-refractivity contribution < 1.29 is 9.21 Å². The molecule has 0 saturated heterocycles. The third kappa shape index (κ3) is 3.09. The molecule has 0 aliphatic carbocycles. The molecule has 1 aromatic heterocycles. The molecule has 0 atom stereocenters. The Bertz CT molecular complexity index is 390. The average molecular weight is 207 g/mol. The van der Waals surface area contributed by atoms with Gasteiger partial charge in [0, 0.05) is 19.9 Å². The molecule has 5 nitrogen and oxygen atoms in total. The summed E-state index contributed by atoms with van der Waals surface area (Å²) in [5, 5.41) is 11.0. The van der Waals surface area contributed by atoms with Crippen LogP contribution >= 0.6 is 0 Å². The van der Waals surface area contributed by atoms with Crippen LogP contribution in [-0.2, 0) is 0 Å². The number of nitrogens with zero attached hydrogens (tertiary/aromatic N) is 2. The molecule has 1 aromatic rings. The molecule has 1 rings (SSSR count). The summed E-state index contributed by atoms with van der Waals surface area (Å²) >= 11 is 0. The highest BCUT2D eigenvalue weighted by molar-refractivity contribution is 5.92. The number of rotatable bonds is 4. The standard InChI is InChI=1S/C10H13N3O2/c1-7-9(15-8(2)13-7)10(14)12-6-4-3-5-11/h3-4,6H2,1-2H3,(H,12,14). The van der Waals surface area contributed by atoms with Gasteiger partial charge >= 0.3 is 0 Å². The molecule has 5 heteroatoms. The van der Waals surface area contributed by atoms with E-state index in [-0.39, 0.29) is 11.7 Å². The largest absolute Gasteiger partial charge is 0.436 e. The van der Waals surface area contributed by atoms with Crippen LogP contribution in [-0.4, -0.2) is 17.4 Å². The lowest BCUT2D eigenvalue weighted by atomic mass is 10.3. The molecule has 0 saturated carbocycles. The van der Waals surface area contributed by atoms with Gasteiger partial charge in [0.1, 0.15) is 0 Å². The van der Waals surface area contributed by atoms with Gasteiger partial charge in [0.05, 0.1) is 11.8 Å². The first kappa shape index (κ1) is 11.2. The van der Waals surface area contributed by atoms with E-state index in [1.165, 1.54) is 0 Å². The maximum absolute atomic E-state index is 11.5. The molecule has 80 valence electrons. The number of amides is 1. The fourth-order valence-electron chi connectivity index (χ4n) is 1.19. The SMILES string of the molecule is Cc1nc(C)c(C(=O)NCCCC#N)o1. The van der Waals surface area contributed by atoms with Gasteiger partial charge in [-0.2, -0.15) is 5.26 Å². The minimum Gasteiger partial charge on any atom is -0.436 e. The Morgan fingerprint density at radius 3 is 2.87 bits per heavy atom. The number of hydrogen-bond acceptors (Lipinski definition) is 4. The normalized spacial score (nSPS) is 9.67. The molecular formula is C10H13N3O2. The van der Waals surface area contributed by atoms with Crippen molar-refractivity contribution in [3.8, 4) is 6.07 Å². The summed E-state index contributed by atoms with van der Waals surface area (Å²) in [4.78, 5) is 15.5. The molecule has 1 amide bonds. The number of carbonyl (C=O) groups is 1. The second kappa shape index (κ2) is 5.15. The molecule has 1 heterocycles. The summed E-state index contributed by atoms with van der Waals surface area (Å²) in [6.07, 6.45) is 1.09. The fraction of sp³-hybridized carbons (Fsp3) is 0.500. The lowest BCUT2D eigenvalue weighted by Gasteiger charge is -2.00. The Balaban J connectivity index is 2.48. The highest BCUT2D eigenvalue weighted by Crippen LogP contribution is 2.08. The van der Waals surface area contributed by atoms with Gasteiger partial charge in [0.25, 0.3) is 5.91 Å². The molecule has 0 aromatic carbocycles. The number of hydrogen-bond donors (Lipinski definition) is 1. The van der Waals surface area contributed by atoms with Crippen molar-refractivity contribution in [1.82, 2.24) is 10.3 Å². The Kier molecular flexibility index (Phi) is 3.86. The second-order valence-electron chi connectivity index (χ2n) is 3.16. The van der Waals surface area contributed by atoms with E-state index in [1.807, 2.05) is 6.07 Å². The van der Waals surface area contributed by atoms with Crippen molar-refractivity contribution in [1.29, 1.82) is 5.26 Å². The highest BCUT2D eigenvalue weighted by atomic mass is 16.4. The lowest BCUT2D eigenvalue weighted by Crippen LogP contribution is -2.24. The van der Waals surface area contributed by atoms with Gasteiger partial charge in [-0.05, 0) is 13.3 Å². The number of oxazole rings is 1. The fourth-order valence-corrected chi connectivity index (χ4v) is 1.19. The van der Waals surface area contributed by atoms with Crippen molar-refractivity contribution in [3.63, 3.8) is 0 Å². The number of aryl methyl sites for hydroxylation is 2. The van der Waals surface area contributed by atoms with E-state index in [2.05, 4.69) is 10.3 Å². The number of nitriles is 1. The van der Waals surface area contributed by atoms with E-state index in [9.17, 15) is 4.79 Å². The molecule has 0 aliphatic heterocycles. The topological polar surface area (TPSA) is 78.9 Å². The summed E-state index contributed by atoms with van der Waals surface area (Å²) in [5.74, 6) is 0.463. The van der Waals surface area contributed by atoms with Gasteiger partial charge < -0.3 is 9.73 Å². The Labute approximate surface area is 88.1 Å². The summed E-state index contributed by atoms with van der Waals surface area (Å²) < 4.78 is 5.14. The van der Waals surface area contributed by atoms with Crippen LogP contribution in [0.4, 0.5) is 0 Å². The lowest BCUT2D eigenvalue weighted by molar-refractivity contribution is 0.0923. The first-order valence-electron chi connectivity index (χ1n) is 4.74. The van der Waals surface area contributed by atoms with E-state index in [1.54, 1.807) is 13.8 Å². The Morgan fingerprint density at radius 2 is 2.33 bits per heavy atom. The molecular weight excluding hydrogens is 194 g/mol. The first-order valence-corrected chi connectivity index (χ1v) is 4.74. The Morgan fingerprint density at radius 1 is 1.60 bits per heavy atom. The molecule has 0 fully saturated rings. The van der Waals surface area contributed by atoms with Gasteiger partial charge in [0.2, 0.25) is 5.76 Å². The van der Waals surface area contributed by atoms with Crippen LogP contribution in [0.1, 0.15) is 35.0 Å². The van der Waals surface area contributed by atoms with Crippen molar-refractivity contribution in [2.75, 3.05) is 6.54 Å². The molecule has 0 aliphatic rings. The zero-order valence-corrected chi connectivity index (χ0v) is 8.83. The van der Waals surface area contributed by atoms with Crippen LogP contribution in [0, 0.1) is 25.2 Å². The van der Waals surface area contributed by atoms with Gasteiger partial charge in [0.15, 0.2) is 5.89 Å². The quantitative estimate of drug-likeness (QED) is 0.755. The van der Waals surface area contributed by atoms with Crippen molar-refractivity contribution >= 4 is 5.91 Å². The minimum atomic E-state index is -0.272. The third-order valence-corrected chi connectivity index (χ3v) is 1.86. The van der Waals surface area contributed by atoms with E-state index in [0.717, 1.165) is 0 Å². The molecule has 0 unspecified atom stereocenters. The first-order chi connectivity index (χ1) is 7.15. The van der Waals surface area contributed by atoms with Crippen molar-refractivity contribution in [2.45, 2.75) is 26.7 Å². The number of carbonyl (C=O) groups excluding carboxylic acids is 1. The van der Waals surface area contributed by atoms with Crippen LogP contribution in [0.5, 0.6) is 0 Å². The molecule has 0 spiro atoms. The monoisotopic (exact) mass is 207 g/mol. The molecule has 15 heavy (non-hydrogen) atoms. The molecule has 1 N–H and O–H groups in total. The second-order valence-corrected chi connectivity index (χ2v) is 3.16. The van der Waals surface area contributed by atoms with Gasteiger partial charge in [-0.25, -0.2) is 4.98 Å². The smallest absolute Gasteiger partial charge is 0.289 e. The Hall–Kier alpha value is -1.83. The third-order valence-electron chi connectivity index (χ3n) is 1.86. The van der Waals surface area contributed by atoms with Crippen LogP contribution in [0.15, 0.2) is 4.42 Å². The van der Waals surface area contributed by atoms with Gasteiger partial charge in [-0.1, -0.05) is 0 Å². The zero-order valence-electron chi connectivity index (χ0n) is 8.83. The zero-order chi connectivity index (χ0) is 11.3. The van der Waals surface area contributed by atoms with E-state index >= 15 is 0 Å². The minimum absolute atomic E-state index is 0.254. The van der Waals surface area contributed by atoms with Gasteiger partial charge in [-0.3, -0.25) is 4.79 Å². The maximum atomic E-state index is 11.5. The van der Waals surface area contributed by atoms with Crippen LogP contribution in [0.2, 0.25) is 0 Å². The number of nitrogens with one attached hydrogen (secondary N) is 1. The van der Waals surface area contributed by atoms with Crippen LogP contribution < -0.4 is 5.32 Å². The van der Waals surface area contributed by atoms with Gasteiger partial charge in [-0.15, -0.1) is 0 Å². The van der Waals surface area contributed by atoms with E-state index in [0.29, 0.717) is 31.0 Å². The van der Waals surface area contributed by atoms with Crippen LogP contribution in [0.25, 0.3) is 0 Å². The number of aromatic nitrogens is 1. The highest BCUT2D eigenvalue weighted by Gasteiger charge is 2.14. The van der Waals surface area contributed by atoms with Crippen LogP contribution in [0.3, 0.4) is 0 Å². The predicted molar refractivity (Wildman–Crippen MR) is 53.2 cm³/mol. The summed E-state index contributed by atoms with van der Waals surface area (Å²) in [6.45, 7) is 3.89. The van der Waals surface area contributed by atoms with E-state index < -0.39 is 0 Å². The summed E-state index contributed by atoms with van der Waals surface area (Å²) in [6, 6.07) is 2.01. The summed E-state index contributed by atoms with van der Waals surface area (Å²) in [5.41, 5.74) is 0.588. The maximum Gasteiger partial charge on any atom is 0.289 e.